The van der Waals surface area contributed by atoms with Crippen LogP contribution in [0.15, 0.2) is 18.2 Å². The van der Waals surface area contributed by atoms with Gasteiger partial charge in [0.1, 0.15) is 0 Å². The van der Waals surface area contributed by atoms with Crippen molar-refractivity contribution in [2.24, 2.45) is 0 Å². The summed E-state index contributed by atoms with van der Waals surface area (Å²) in [5.41, 5.74) is 3.33. The van der Waals surface area contributed by atoms with Crippen LogP contribution in [0.25, 0.3) is 11.3 Å². The van der Waals surface area contributed by atoms with Gasteiger partial charge >= 0.3 is 0 Å². The van der Waals surface area contributed by atoms with Crippen molar-refractivity contribution in [1.82, 2.24) is 14.7 Å². The highest BCUT2D eigenvalue weighted by Crippen LogP contribution is 2.36. The van der Waals surface area contributed by atoms with Gasteiger partial charge in [0.2, 0.25) is 0 Å². The van der Waals surface area contributed by atoms with E-state index >= 15 is 0 Å². The van der Waals surface area contributed by atoms with Crippen molar-refractivity contribution in [3.8, 4) is 17.3 Å². The minimum absolute atomic E-state index is 0.0149. The quantitative estimate of drug-likeness (QED) is 0.627. The molecule has 1 aliphatic heterocycles. The van der Waals surface area contributed by atoms with Gasteiger partial charge in [-0.05, 0) is 13.1 Å². The molecule has 2 aromatic rings. The number of aryl methyl sites for hydroxylation is 1. The lowest BCUT2D eigenvalue weighted by molar-refractivity contribution is -0.384. The molecule has 0 saturated heterocycles. The number of rotatable bonds is 4. The van der Waals surface area contributed by atoms with Crippen molar-refractivity contribution < 1.29 is 4.92 Å². The van der Waals surface area contributed by atoms with E-state index in [9.17, 15) is 10.1 Å². The molecule has 0 aliphatic carbocycles. The van der Waals surface area contributed by atoms with Gasteiger partial charge in [-0.3, -0.25) is 14.8 Å². The Morgan fingerprint density at radius 1 is 1.50 bits per heavy atom. The molecular formula is C16H16ClN5O2. The molecule has 124 valence electrons. The number of non-ortho nitro benzene ring substituents is 1. The van der Waals surface area contributed by atoms with Crippen LogP contribution >= 0.6 is 11.6 Å². The molecule has 0 fully saturated rings. The smallest absolute Gasteiger partial charge is 0.270 e. The van der Waals surface area contributed by atoms with Crippen LogP contribution < -0.4 is 0 Å². The summed E-state index contributed by atoms with van der Waals surface area (Å²) >= 11 is 6.29. The predicted octanol–water partition coefficient (Wildman–Crippen LogP) is 3.01. The van der Waals surface area contributed by atoms with Crippen molar-refractivity contribution in [2.45, 2.75) is 25.9 Å². The zero-order valence-electron chi connectivity index (χ0n) is 13.2. The number of hydrogen-bond acceptors (Lipinski definition) is 5. The molecular weight excluding hydrogens is 330 g/mol. The standard InChI is InChI=1S/C16H16ClN5O2/c1-20-8-5-15-13(10-20)16(19-21(15)7-2-6-18)12-9-11(22(23)24)3-4-14(12)17/h3-4,9H,2,5,7-8,10H2,1H3. The molecule has 0 unspecified atom stereocenters. The highest BCUT2D eigenvalue weighted by molar-refractivity contribution is 6.33. The highest BCUT2D eigenvalue weighted by Gasteiger charge is 2.26. The number of nitrogens with zero attached hydrogens (tertiary/aromatic N) is 5. The Balaban J connectivity index is 2.14. The van der Waals surface area contributed by atoms with E-state index in [2.05, 4.69) is 16.1 Å². The fourth-order valence-corrected chi connectivity index (χ4v) is 3.20. The number of nitriles is 1. The van der Waals surface area contributed by atoms with E-state index < -0.39 is 4.92 Å². The molecule has 0 amide bonds. The van der Waals surface area contributed by atoms with Crippen LogP contribution in [0.3, 0.4) is 0 Å². The normalized spacial score (nSPS) is 14.2. The number of likely N-dealkylation sites (N-methyl/N-ethyl adjacent to an activating group) is 1. The van der Waals surface area contributed by atoms with Gasteiger partial charge in [-0.2, -0.15) is 10.4 Å². The van der Waals surface area contributed by atoms with Crippen molar-refractivity contribution in [2.75, 3.05) is 13.6 Å². The minimum atomic E-state index is -0.439. The zero-order chi connectivity index (χ0) is 17.3. The van der Waals surface area contributed by atoms with Crippen LogP contribution in [0, 0.1) is 21.4 Å². The fourth-order valence-electron chi connectivity index (χ4n) is 2.99. The second kappa shape index (κ2) is 6.59. The number of nitro groups is 1. The average Bonchev–Trinajstić information content (AvgIpc) is 2.90. The van der Waals surface area contributed by atoms with Crippen LogP contribution in [0.4, 0.5) is 5.69 Å². The van der Waals surface area contributed by atoms with Crippen LogP contribution in [0.2, 0.25) is 5.02 Å². The minimum Gasteiger partial charge on any atom is -0.302 e. The van der Waals surface area contributed by atoms with Gasteiger partial charge in [0.15, 0.2) is 0 Å². The molecule has 2 heterocycles. The first kappa shape index (κ1) is 16.4. The highest BCUT2D eigenvalue weighted by atomic mass is 35.5. The molecule has 0 radical (unpaired) electrons. The lowest BCUT2D eigenvalue weighted by Gasteiger charge is -2.23. The Morgan fingerprint density at radius 3 is 3.00 bits per heavy atom. The summed E-state index contributed by atoms with van der Waals surface area (Å²) in [6, 6.07) is 6.51. The average molecular weight is 346 g/mol. The number of aromatic nitrogens is 2. The van der Waals surface area contributed by atoms with Gasteiger partial charge in [-0.25, -0.2) is 0 Å². The lowest BCUT2D eigenvalue weighted by atomic mass is 10.0. The Bertz CT molecular complexity index is 840. The predicted molar refractivity (Wildman–Crippen MR) is 89.6 cm³/mol. The number of benzene rings is 1. The maximum absolute atomic E-state index is 11.1. The second-order valence-electron chi connectivity index (χ2n) is 5.81. The molecule has 7 nitrogen and oxygen atoms in total. The summed E-state index contributed by atoms with van der Waals surface area (Å²) in [4.78, 5) is 12.8. The van der Waals surface area contributed by atoms with Crippen LogP contribution in [-0.4, -0.2) is 33.2 Å². The fraction of sp³-hybridized carbons (Fsp3) is 0.375. The summed E-state index contributed by atoms with van der Waals surface area (Å²) in [6.45, 7) is 2.12. The van der Waals surface area contributed by atoms with Crippen molar-refractivity contribution in [3.05, 3.63) is 44.6 Å². The zero-order valence-corrected chi connectivity index (χ0v) is 14.0. The van der Waals surface area contributed by atoms with Crippen LogP contribution in [0.5, 0.6) is 0 Å². The maximum atomic E-state index is 11.1. The second-order valence-corrected chi connectivity index (χ2v) is 6.22. The van der Waals surface area contributed by atoms with Crippen LogP contribution in [0.1, 0.15) is 17.7 Å². The molecule has 24 heavy (non-hydrogen) atoms. The third-order valence-corrected chi connectivity index (χ3v) is 4.51. The van der Waals surface area contributed by atoms with E-state index in [1.807, 2.05) is 11.7 Å². The topological polar surface area (TPSA) is 88.0 Å². The van der Waals surface area contributed by atoms with Gasteiger partial charge in [-0.15, -0.1) is 0 Å². The van der Waals surface area contributed by atoms with Gasteiger partial charge < -0.3 is 4.90 Å². The Kier molecular flexibility index (Phi) is 4.51. The van der Waals surface area contributed by atoms with E-state index in [1.165, 1.54) is 18.2 Å². The number of nitro benzene ring substituents is 1. The first-order valence-electron chi connectivity index (χ1n) is 7.59. The maximum Gasteiger partial charge on any atom is 0.270 e. The summed E-state index contributed by atoms with van der Waals surface area (Å²) in [6.07, 6.45) is 1.20. The monoisotopic (exact) mass is 345 g/mol. The van der Waals surface area contributed by atoms with Crippen LogP contribution in [-0.2, 0) is 19.5 Å². The Hall–Kier alpha value is -2.43. The largest absolute Gasteiger partial charge is 0.302 e. The third kappa shape index (κ3) is 2.98. The van der Waals surface area contributed by atoms with Crippen molar-refractivity contribution in [1.29, 1.82) is 5.26 Å². The molecule has 0 bridgehead atoms. The first-order valence-corrected chi connectivity index (χ1v) is 7.97. The number of fused-ring (bicyclic) bond motifs is 1. The SMILES string of the molecule is CN1CCc2c(c(-c3cc([N+](=O)[O-])ccc3Cl)nn2CCC#N)C1. The van der Waals surface area contributed by atoms with E-state index in [0.717, 1.165) is 24.2 Å². The van der Waals surface area contributed by atoms with Crippen molar-refractivity contribution >= 4 is 17.3 Å². The summed E-state index contributed by atoms with van der Waals surface area (Å²) < 4.78 is 1.84. The van der Waals surface area contributed by atoms with E-state index in [4.69, 9.17) is 16.9 Å². The summed E-state index contributed by atoms with van der Waals surface area (Å²) in [7, 11) is 2.02. The van der Waals surface area contributed by atoms with Gasteiger partial charge in [0.25, 0.3) is 5.69 Å². The third-order valence-electron chi connectivity index (χ3n) is 4.18. The van der Waals surface area contributed by atoms with E-state index in [-0.39, 0.29) is 5.69 Å². The Morgan fingerprint density at radius 2 is 2.29 bits per heavy atom. The molecule has 0 spiro atoms. The number of halogens is 1. The molecule has 8 heteroatoms. The molecule has 0 saturated carbocycles. The molecule has 1 aromatic heterocycles. The van der Waals surface area contributed by atoms with E-state index in [0.29, 0.717) is 35.8 Å². The molecule has 1 aliphatic rings. The van der Waals surface area contributed by atoms with Crippen molar-refractivity contribution in [3.63, 3.8) is 0 Å². The molecule has 1 aromatic carbocycles. The van der Waals surface area contributed by atoms with Gasteiger partial charge in [0.05, 0.1) is 34.7 Å². The molecule has 3 rings (SSSR count). The summed E-state index contributed by atoms with van der Waals surface area (Å²) in [5.74, 6) is 0. The summed E-state index contributed by atoms with van der Waals surface area (Å²) in [5, 5.41) is 25.0. The molecule has 0 atom stereocenters. The number of hydrogen-bond donors (Lipinski definition) is 0. The van der Waals surface area contributed by atoms with E-state index in [1.54, 1.807) is 0 Å². The Labute approximate surface area is 144 Å². The molecule has 0 N–H and O–H groups in total. The first-order chi connectivity index (χ1) is 11.5. The van der Waals surface area contributed by atoms with Gasteiger partial charge in [-0.1, -0.05) is 11.6 Å². The van der Waals surface area contributed by atoms with Gasteiger partial charge in [0, 0.05) is 48.5 Å². The lowest BCUT2D eigenvalue weighted by Crippen LogP contribution is -2.27.